The fourth-order valence-electron chi connectivity index (χ4n) is 2.04. The van der Waals surface area contributed by atoms with Crippen LogP contribution in [0.15, 0.2) is 48.5 Å². The first-order chi connectivity index (χ1) is 9.36. The highest BCUT2D eigenvalue weighted by molar-refractivity contribution is 6.04. The first-order valence-corrected chi connectivity index (χ1v) is 6.85. The summed E-state index contributed by atoms with van der Waals surface area (Å²) in [5.41, 5.74) is 3.97. The molecule has 0 unspecified atom stereocenters. The second-order valence-electron chi connectivity index (χ2n) is 6.15. The molecule has 20 heavy (non-hydrogen) atoms. The van der Waals surface area contributed by atoms with Gasteiger partial charge in [-0.15, -0.1) is 0 Å². The van der Waals surface area contributed by atoms with Gasteiger partial charge >= 0.3 is 0 Å². The number of carbonyl (C=O) groups excluding carboxylic acids is 1. The van der Waals surface area contributed by atoms with E-state index < -0.39 is 0 Å². The lowest BCUT2D eigenvalue weighted by Crippen LogP contribution is -2.13. The van der Waals surface area contributed by atoms with Crippen LogP contribution in [0.25, 0.3) is 0 Å². The molecule has 0 aliphatic rings. The number of anilines is 1. The number of amides is 1. The summed E-state index contributed by atoms with van der Waals surface area (Å²) < 4.78 is 0. The molecule has 104 valence electrons. The summed E-state index contributed by atoms with van der Waals surface area (Å²) in [6, 6.07) is 15.6. The Bertz CT molecular complexity index is 606. The number of hydrogen-bond donors (Lipinski definition) is 1. The predicted octanol–water partition coefficient (Wildman–Crippen LogP) is 4.54. The van der Waals surface area contributed by atoms with Crippen molar-refractivity contribution in [1.82, 2.24) is 0 Å². The Balaban J connectivity index is 2.12. The average molecular weight is 267 g/mol. The summed E-state index contributed by atoms with van der Waals surface area (Å²) in [6.45, 7) is 8.50. The Morgan fingerprint density at radius 1 is 1.00 bits per heavy atom. The summed E-state index contributed by atoms with van der Waals surface area (Å²) >= 11 is 0. The number of hydrogen-bond acceptors (Lipinski definition) is 1. The normalized spacial score (nSPS) is 11.2. The second-order valence-corrected chi connectivity index (χ2v) is 6.15. The van der Waals surface area contributed by atoms with Crippen molar-refractivity contribution < 1.29 is 4.79 Å². The van der Waals surface area contributed by atoms with Crippen LogP contribution in [0, 0.1) is 6.92 Å². The predicted molar refractivity (Wildman–Crippen MR) is 84.3 cm³/mol. The molecule has 0 fully saturated rings. The van der Waals surface area contributed by atoms with E-state index in [4.69, 9.17) is 0 Å². The Morgan fingerprint density at radius 2 is 1.65 bits per heavy atom. The lowest BCUT2D eigenvalue weighted by Gasteiger charge is -2.19. The Kier molecular flexibility index (Phi) is 3.93. The topological polar surface area (TPSA) is 29.1 Å². The van der Waals surface area contributed by atoms with Crippen molar-refractivity contribution in [3.63, 3.8) is 0 Å². The molecule has 0 spiro atoms. The highest BCUT2D eigenvalue weighted by Gasteiger charge is 2.13. The van der Waals surface area contributed by atoms with Crippen LogP contribution in [0.2, 0.25) is 0 Å². The molecule has 0 radical (unpaired) electrons. The molecule has 0 saturated heterocycles. The van der Waals surface area contributed by atoms with Crippen LogP contribution in [0.5, 0.6) is 0 Å². The minimum absolute atomic E-state index is 0.0720. The van der Waals surface area contributed by atoms with Crippen LogP contribution < -0.4 is 5.32 Å². The minimum Gasteiger partial charge on any atom is -0.322 e. The van der Waals surface area contributed by atoms with Crippen LogP contribution >= 0.6 is 0 Å². The molecule has 0 heterocycles. The number of benzene rings is 2. The van der Waals surface area contributed by atoms with E-state index in [9.17, 15) is 4.79 Å². The zero-order chi connectivity index (χ0) is 14.8. The van der Waals surface area contributed by atoms with E-state index in [1.807, 2.05) is 43.3 Å². The zero-order valence-corrected chi connectivity index (χ0v) is 12.5. The average Bonchev–Trinajstić information content (AvgIpc) is 2.38. The van der Waals surface area contributed by atoms with Crippen LogP contribution in [0.1, 0.15) is 42.3 Å². The van der Waals surface area contributed by atoms with E-state index in [1.54, 1.807) is 0 Å². The monoisotopic (exact) mass is 267 g/mol. The van der Waals surface area contributed by atoms with Gasteiger partial charge in [-0.05, 0) is 42.2 Å². The summed E-state index contributed by atoms with van der Waals surface area (Å²) in [5, 5.41) is 2.93. The minimum atomic E-state index is -0.0720. The van der Waals surface area contributed by atoms with Gasteiger partial charge in [-0.25, -0.2) is 0 Å². The largest absolute Gasteiger partial charge is 0.322 e. The van der Waals surface area contributed by atoms with E-state index in [-0.39, 0.29) is 11.3 Å². The molecule has 1 amide bonds. The SMILES string of the molecule is Cc1cccc(C(=O)Nc2ccc(C(C)(C)C)cc2)c1. The maximum Gasteiger partial charge on any atom is 0.255 e. The van der Waals surface area contributed by atoms with Gasteiger partial charge in [0.15, 0.2) is 0 Å². The van der Waals surface area contributed by atoms with E-state index in [0.717, 1.165) is 11.3 Å². The van der Waals surface area contributed by atoms with E-state index >= 15 is 0 Å². The van der Waals surface area contributed by atoms with Crippen molar-refractivity contribution in [3.8, 4) is 0 Å². The number of nitrogens with one attached hydrogen (secondary N) is 1. The fourth-order valence-corrected chi connectivity index (χ4v) is 2.04. The molecule has 0 aliphatic heterocycles. The molecule has 2 nitrogen and oxygen atoms in total. The van der Waals surface area contributed by atoms with Crippen LogP contribution in [-0.4, -0.2) is 5.91 Å². The first-order valence-electron chi connectivity index (χ1n) is 6.85. The quantitative estimate of drug-likeness (QED) is 0.850. The third-order valence-corrected chi connectivity index (χ3v) is 3.29. The maximum atomic E-state index is 12.1. The third-order valence-electron chi connectivity index (χ3n) is 3.29. The maximum absolute atomic E-state index is 12.1. The zero-order valence-electron chi connectivity index (χ0n) is 12.5. The van der Waals surface area contributed by atoms with Gasteiger partial charge in [0.1, 0.15) is 0 Å². The smallest absolute Gasteiger partial charge is 0.255 e. The van der Waals surface area contributed by atoms with Crippen molar-refractivity contribution in [3.05, 3.63) is 65.2 Å². The van der Waals surface area contributed by atoms with Gasteiger partial charge in [0.25, 0.3) is 5.91 Å². The molecule has 0 aromatic heterocycles. The molecule has 1 N–H and O–H groups in total. The van der Waals surface area contributed by atoms with Gasteiger partial charge in [-0.1, -0.05) is 50.6 Å². The molecule has 2 heteroatoms. The van der Waals surface area contributed by atoms with Crippen LogP contribution in [-0.2, 0) is 5.41 Å². The van der Waals surface area contributed by atoms with Crippen molar-refractivity contribution in [1.29, 1.82) is 0 Å². The van der Waals surface area contributed by atoms with Crippen molar-refractivity contribution >= 4 is 11.6 Å². The lowest BCUT2D eigenvalue weighted by atomic mass is 9.87. The van der Waals surface area contributed by atoms with Gasteiger partial charge in [-0.2, -0.15) is 0 Å². The van der Waals surface area contributed by atoms with Crippen molar-refractivity contribution in [2.45, 2.75) is 33.1 Å². The summed E-state index contributed by atoms with van der Waals surface area (Å²) in [5.74, 6) is -0.0720. The second kappa shape index (κ2) is 5.49. The summed E-state index contributed by atoms with van der Waals surface area (Å²) in [6.07, 6.45) is 0. The number of rotatable bonds is 2. The number of aryl methyl sites for hydroxylation is 1. The lowest BCUT2D eigenvalue weighted by molar-refractivity contribution is 0.102. The highest BCUT2D eigenvalue weighted by atomic mass is 16.1. The summed E-state index contributed by atoms with van der Waals surface area (Å²) in [4.78, 5) is 12.1. The van der Waals surface area contributed by atoms with Crippen LogP contribution in [0.3, 0.4) is 0 Å². The third kappa shape index (κ3) is 3.47. The Hall–Kier alpha value is -2.09. The molecule has 0 bridgehead atoms. The molecular weight excluding hydrogens is 246 g/mol. The molecule has 2 aromatic carbocycles. The molecule has 2 rings (SSSR count). The first kappa shape index (κ1) is 14.3. The van der Waals surface area contributed by atoms with Gasteiger partial charge in [0.2, 0.25) is 0 Å². The molecule has 0 saturated carbocycles. The molecule has 0 aliphatic carbocycles. The van der Waals surface area contributed by atoms with Gasteiger partial charge < -0.3 is 5.32 Å². The van der Waals surface area contributed by atoms with E-state index in [0.29, 0.717) is 5.56 Å². The van der Waals surface area contributed by atoms with Crippen LogP contribution in [0.4, 0.5) is 5.69 Å². The molecule has 0 atom stereocenters. The standard InChI is InChI=1S/C18H21NO/c1-13-6-5-7-14(12-13)17(20)19-16-10-8-15(9-11-16)18(2,3)4/h5-12H,1-4H3,(H,19,20). The van der Waals surface area contributed by atoms with Gasteiger partial charge in [0.05, 0.1) is 0 Å². The van der Waals surface area contributed by atoms with Crippen molar-refractivity contribution in [2.24, 2.45) is 0 Å². The van der Waals surface area contributed by atoms with E-state index in [1.165, 1.54) is 5.56 Å². The molecule has 2 aromatic rings. The molecular formula is C18H21NO. The fraction of sp³-hybridized carbons (Fsp3) is 0.278. The number of carbonyl (C=O) groups is 1. The van der Waals surface area contributed by atoms with Crippen molar-refractivity contribution in [2.75, 3.05) is 5.32 Å². The highest BCUT2D eigenvalue weighted by Crippen LogP contribution is 2.23. The van der Waals surface area contributed by atoms with E-state index in [2.05, 4.69) is 38.2 Å². The summed E-state index contributed by atoms with van der Waals surface area (Å²) in [7, 11) is 0. The Labute approximate surface area is 120 Å². The Morgan fingerprint density at radius 3 is 2.20 bits per heavy atom. The van der Waals surface area contributed by atoms with Gasteiger partial charge in [-0.3, -0.25) is 4.79 Å². The van der Waals surface area contributed by atoms with Gasteiger partial charge in [0, 0.05) is 11.3 Å².